The predicted molar refractivity (Wildman–Crippen MR) is 153 cm³/mol. The van der Waals surface area contributed by atoms with Gasteiger partial charge in [0.05, 0.1) is 29.8 Å². The van der Waals surface area contributed by atoms with Crippen molar-refractivity contribution >= 4 is 35.2 Å². The van der Waals surface area contributed by atoms with Crippen molar-refractivity contribution in [2.45, 2.75) is 62.1 Å². The molecule has 0 aromatic heterocycles. The number of fused-ring (bicyclic) bond motifs is 2. The van der Waals surface area contributed by atoms with Crippen molar-refractivity contribution < 1.29 is 24.2 Å². The Bertz CT molecular complexity index is 1190. The first kappa shape index (κ1) is 27.8. The van der Waals surface area contributed by atoms with Crippen molar-refractivity contribution in [1.29, 1.82) is 0 Å². The van der Waals surface area contributed by atoms with E-state index in [1.165, 1.54) is 0 Å². The van der Waals surface area contributed by atoms with Crippen molar-refractivity contribution in [3.8, 4) is 5.75 Å². The van der Waals surface area contributed by atoms with Crippen LogP contribution in [0.4, 0.5) is 5.69 Å². The molecule has 4 heterocycles. The van der Waals surface area contributed by atoms with E-state index < -0.39 is 27.4 Å². The van der Waals surface area contributed by atoms with E-state index in [1.54, 1.807) is 21.6 Å². The summed E-state index contributed by atoms with van der Waals surface area (Å²) in [5, 5.41) is 9.90. The van der Waals surface area contributed by atoms with Gasteiger partial charge in [-0.3, -0.25) is 14.4 Å². The topological polar surface area (TPSA) is 90.4 Å². The van der Waals surface area contributed by atoms with E-state index in [1.807, 2.05) is 68.2 Å². The van der Waals surface area contributed by atoms with E-state index in [0.29, 0.717) is 19.7 Å². The number of thioether (sulfide) groups is 1. The number of hydrogen-bond donors (Lipinski definition) is 1. The van der Waals surface area contributed by atoms with Crippen LogP contribution in [-0.2, 0) is 14.4 Å². The molecule has 4 aliphatic heterocycles. The number of aliphatic hydroxyl groups excluding tert-OH is 1. The number of rotatable bonds is 8. The average molecular weight is 554 g/mol. The maximum atomic E-state index is 14.4. The smallest absolute Gasteiger partial charge is 0.247 e. The highest BCUT2D eigenvalue weighted by Crippen LogP contribution is 2.65. The minimum atomic E-state index is -0.898. The molecule has 3 amide bonds. The van der Waals surface area contributed by atoms with Gasteiger partial charge in [-0.25, -0.2) is 0 Å². The van der Waals surface area contributed by atoms with Crippen LogP contribution in [0.5, 0.6) is 5.75 Å². The Morgan fingerprint density at radius 1 is 1.03 bits per heavy atom. The standard InChI is InChI=1S/C30H39N3O5S/c1-5-9-20(3)31-16-8-15-30-24(27(36)33(18-19-34)25(30)28(31)37)23-26(35)32(17-7-14-29(23,4)39-30)21-10-12-22(13-11-21)38-6-2/h7-8,10-15,20,23-25,34H,5-6,9,16-19H2,1-4H3/t20?,23-,24+,25?,29+,30+/m1/s1. The average Bonchev–Trinajstić information content (AvgIpc) is 3.16. The van der Waals surface area contributed by atoms with Gasteiger partial charge in [-0.2, -0.15) is 0 Å². The summed E-state index contributed by atoms with van der Waals surface area (Å²) in [6.07, 6.45) is 9.91. The van der Waals surface area contributed by atoms with Gasteiger partial charge in [-0.1, -0.05) is 37.6 Å². The molecule has 8 nitrogen and oxygen atoms in total. The summed E-state index contributed by atoms with van der Waals surface area (Å²) in [7, 11) is 0. The summed E-state index contributed by atoms with van der Waals surface area (Å²) >= 11 is 1.57. The number of carbonyl (C=O) groups is 3. The van der Waals surface area contributed by atoms with Crippen molar-refractivity contribution in [3.63, 3.8) is 0 Å². The molecule has 6 atom stereocenters. The lowest BCUT2D eigenvalue weighted by atomic mass is 9.74. The molecule has 0 radical (unpaired) electrons. The number of carbonyl (C=O) groups excluding carboxylic acids is 3. The lowest BCUT2D eigenvalue weighted by Gasteiger charge is -2.38. The maximum Gasteiger partial charge on any atom is 0.247 e. The number of anilines is 1. The van der Waals surface area contributed by atoms with Crippen LogP contribution in [0.3, 0.4) is 0 Å². The predicted octanol–water partition coefficient (Wildman–Crippen LogP) is 3.25. The Morgan fingerprint density at radius 3 is 2.41 bits per heavy atom. The fraction of sp³-hybridized carbons (Fsp3) is 0.567. The van der Waals surface area contributed by atoms with Gasteiger partial charge in [0.15, 0.2) is 0 Å². The first-order valence-electron chi connectivity index (χ1n) is 14.0. The van der Waals surface area contributed by atoms with Crippen LogP contribution in [0.25, 0.3) is 0 Å². The van der Waals surface area contributed by atoms with Crippen LogP contribution in [0.1, 0.15) is 40.5 Å². The number of benzene rings is 1. The van der Waals surface area contributed by atoms with Gasteiger partial charge in [-0.05, 0) is 51.5 Å². The van der Waals surface area contributed by atoms with Gasteiger partial charge in [0, 0.05) is 36.1 Å². The summed E-state index contributed by atoms with van der Waals surface area (Å²) in [5.41, 5.74) is 0.740. The SMILES string of the molecule is CCCC(C)N1CC=C[C@]23S[C@@]4(C)C=CCN(c5ccc(OCC)cc5)C(=O)[C@H]4[C@H]2C(=O)N(CCO)C3C1=O. The molecule has 9 heteroatoms. The second-order valence-corrected chi connectivity index (χ2v) is 12.9. The summed E-state index contributed by atoms with van der Waals surface area (Å²) < 4.78 is 4.01. The van der Waals surface area contributed by atoms with Gasteiger partial charge in [-0.15, -0.1) is 11.8 Å². The van der Waals surface area contributed by atoms with Gasteiger partial charge >= 0.3 is 0 Å². The Labute approximate surface area is 235 Å². The van der Waals surface area contributed by atoms with Gasteiger partial charge in [0.2, 0.25) is 17.7 Å². The third-order valence-corrected chi connectivity index (χ3v) is 10.4. The molecule has 0 aliphatic carbocycles. The molecular weight excluding hydrogens is 514 g/mol. The third-order valence-electron chi connectivity index (χ3n) is 8.63. The van der Waals surface area contributed by atoms with Crippen LogP contribution in [0, 0.1) is 11.8 Å². The summed E-state index contributed by atoms with van der Waals surface area (Å²) in [4.78, 5) is 47.9. The molecule has 2 fully saturated rings. The Morgan fingerprint density at radius 2 is 1.74 bits per heavy atom. The van der Waals surface area contributed by atoms with Crippen LogP contribution in [-0.4, -0.2) is 87.1 Å². The zero-order valence-corrected chi connectivity index (χ0v) is 24.0. The van der Waals surface area contributed by atoms with E-state index in [0.717, 1.165) is 24.3 Å². The highest BCUT2D eigenvalue weighted by Gasteiger charge is 2.74. The summed E-state index contributed by atoms with van der Waals surface area (Å²) in [6.45, 7) is 9.33. The van der Waals surface area contributed by atoms with E-state index >= 15 is 0 Å². The van der Waals surface area contributed by atoms with Gasteiger partial charge in [0.25, 0.3) is 0 Å². The number of ether oxygens (including phenoxy) is 1. The molecule has 1 spiro atoms. The van der Waals surface area contributed by atoms with Crippen molar-refractivity contribution in [3.05, 3.63) is 48.6 Å². The zero-order chi connectivity index (χ0) is 27.9. The highest BCUT2D eigenvalue weighted by atomic mass is 32.2. The number of aliphatic hydroxyl groups is 1. The number of nitrogens with zero attached hydrogens (tertiary/aromatic N) is 3. The van der Waals surface area contributed by atoms with E-state index in [2.05, 4.69) is 13.0 Å². The molecule has 1 N–H and O–H groups in total. The molecule has 39 heavy (non-hydrogen) atoms. The summed E-state index contributed by atoms with van der Waals surface area (Å²) in [5.74, 6) is -1.10. The summed E-state index contributed by atoms with van der Waals surface area (Å²) in [6, 6.07) is 6.70. The van der Waals surface area contributed by atoms with E-state index in [9.17, 15) is 19.5 Å². The fourth-order valence-electron chi connectivity index (χ4n) is 6.98. The van der Waals surface area contributed by atoms with Crippen molar-refractivity contribution in [2.24, 2.45) is 11.8 Å². The van der Waals surface area contributed by atoms with Crippen LogP contribution in [0.2, 0.25) is 0 Å². The lowest BCUT2D eigenvalue weighted by Crippen LogP contribution is -2.55. The molecule has 0 bridgehead atoms. The molecule has 5 rings (SSSR count). The molecule has 1 aromatic carbocycles. The molecule has 4 aliphatic rings. The number of likely N-dealkylation sites (tertiary alicyclic amines) is 1. The number of amides is 3. The zero-order valence-electron chi connectivity index (χ0n) is 23.2. The third kappa shape index (κ3) is 4.38. The van der Waals surface area contributed by atoms with Crippen LogP contribution >= 0.6 is 11.8 Å². The first-order valence-corrected chi connectivity index (χ1v) is 14.9. The van der Waals surface area contributed by atoms with Crippen LogP contribution in [0.15, 0.2) is 48.6 Å². The Balaban J connectivity index is 1.57. The fourth-order valence-corrected chi connectivity index (χ4v) is 9.14. The Hall–Kier alpha value is -2.78. The lowest BCUT2D eigenvalue weighted by molar-refractivity contribution is -0.144. The molecular formula is C30H39N3O5S. The first-order chi connectivity index (χ1) is 18.7. The van der Waals surface area contributed by atoms with Crippen molar-refractivity contribution in [2.75, 3.05) is 37.7 Å². The van der Waals surface area contributed by atoms with E-state index in [-0.39, 0.29) is 36.9 Å². The second kappa shape index (κ2) is 10.7. The molecule has 2 saturated heterocycles. The highest BCUT2D eigenvalue weighted by molar-refractivity contribution is 8.02. The van der Waals surface area contributed by atoms with E-state index in [4.69, 9.17) is 4.74 Å². The minimum Gasteiger partial charge on any atom is -0.494 e. The second-order valence-electron chi connectivity index (χ2n) is 11.1. The minimum absolute atomic E-state index is 0.0246. The monoisotopic (exact) mass is 553 g/mol. The molecule has 1 aromatic rings. The molecule has 0 saturated carbocycles. The van der Waals surface area contributed by atoms with Gasteiger partial charge < -0.3 is 24.5 Å². The maximum absolute atomic E-state index is 14.4. The van der Waals surface area contributed by atoms with Gasteiger partial charge in [0.1, 0.15) is 11.8 Å². The molecule has 210 valence electrons. The normalized spacial score (nSPS) is 32.6. The van der Waals surface area contributed by atoms with Crippen molar-refractivity contribution in [1.82, 2.24) is 9.80 Å². The number of hydrogen-bond acceptors (Lipinski definition) is 6. The number of β-amino-alcohol motifs (C(OH)–C–C–N with tert-alkyl or cyclic N) is 1. The quantitative estimate of drug-likeness (QED) is 0.497. The molecule has 2 unspecified atom stereocenters. The van der Waals surface area contributed by atoms with Crippen LogP contribution < -0.4 is 9.64 Å². The Kier molecular flexibility index (Phi) is 7.59. The largest absolute Gasteiger partial charge is 0.494 e.